The fourth-order valence-corrected chi connectivity index (χ4v) is 3.78. The number of likely N-dealkylation sites (N-methyl/N-ethyl adjacent to an activating group) is 2. The summed E-state index contributed by atoms with van der Waals surface area (Å²) in [5.41, 5.74) is 3.01. The molecule has 0 amide bonds. The molecule has 1 N–H and O–H groups in total. The lowest BCUT2D eigenvalue weighted by Crippen LogP contribution is -2.47. The van der Waals surface area contributed by atoms with Crippen LogP contribution < -0.4 is 5.32 Å². The van der Waals surface area contributed by atoms with Crippen LogP contribution in [0.25, 0.3) is 0 Å². The van der Waals surface area contributed by atoms with E-state index >= 15 is 0 Å². The number of rotatable bonds is 4. The Morgan fingerprint density at radius 2 is 2.00 bits per heavy atom. The van der Waals surface area contributed by atoms with Crippen molar-refractivity contribution in [2.75, 3.05) is 26.8 Å². The molecular weight excluding hydrogens is 248 g/mol. The molecule has 1 aliphatic heterocycles. The molecule has 3 heteroatoms. The third kappa shape index (κ3) is 2.62. The van der Waals surface area contributed by atoms with E-state index in [9.17, 15) is 0 Å². The Morgan fingerprint density at radius 3 is 2.75 bits per heavy atom. The van der Waals surface area contributed by atoms with Crippen molar-refractivity contribution in [3.8, 4) is 0 Å². The van der Waals surface area contributed by atoms with Gasteiger partial charge in [-0.05, 0) is 44.0 Å². The molecule has 1 aromatic rings. The minimum absolute atomic E-state index is 0.476. The zero-order chi connectivity index (χ0) is 13.9. The summed E-state index contributed by atoms with van der Waals surface area (Å²) in [6, 6.07) is 10.6. The molecule has 2 atom stereocenters. The van der Waals surface area contributed by atoms with Gasteiger partial charge in [0.25, 0.3) is 0 Å². The predicted octanol–water partition coefficient (Wildman–Crippen LogP) is 2.37. The molecule has 0 saturated carbocycles. The maximum atomic E-state index is 5.51. The maximum Gasteiger partial charge on any atom is 0.0484 e. The topological polar surface area (TPSA) is 24.5 Å². The number of fused-ring (bicyclic) bond motifs is 1. The monoisotopic (exact) mass is 274 g/mol. The van der Waals surface area contributed by atoms with Gasteiger partial charge in [-0.15, -0.1) is 0 Å². The molecule has 1 aliphatic carbocycles. The molecule has 0 radical (unpaired) electrons. The molecule has 2 aliphatic rings. The Balaban J connectivity index is 1.78. The Hall–Kier alpha value is -0.900. The molecule has 20 heavy (non-hydrogen) atoms. The zero-order valence-corrected chi connectivity index (χ0v) is 12.6. The smallest absolute Gasteiger partial charge is 0.0484 e. The summed E-state index contributed by atoms with van der Waals surface area (Å²) in [6.07, 6.45) is 3.51. The highest BCUT2D eigenvalue weighted by Gasteiger charge is 2.36. The molecule has 1 fully saturated rings. The third-order valence-corrected chi connectivity index (χ3v) is 4.92. The summed E-state index contributed by atoms with van der Waals surface area (Å²) in [6.45, 7) is 5.06. The van der Waals surface area contributed by atoms with Crippen LogP contribution in [-0.4, -0.2) is 43.8 Å². The van der Waals surface area contributed by atoms with E-state index in [0.29, 0.717) is 18.1 Å². The normalized spacial score (nSPS) is 26.9. The Morgan fingerprint density at radius 1 is 1.25 bits per heavy atom. The van der Waals surface area contributed by atoms with Crippen LogP contribution in [0.4, 0.5) is 0 Å². The maximum absolute atomic E-state index is 5.51. The van der Waals surface area contributed by atoms with Gasteiger partial charge < -0.3 is 10.1 Å². The average molecular weight is 274 g/mol. The van der Waals surface area contributed by atoms with Crippen molar-refractivity contribution >= 4 is 0 Å². The highest BCUT2D eigenvalue weighted by Crippen LogP contribution is 2.35. The number of benzene rings is 1. The second-order valence-corrected chi connectivity index (χ2v) is 6.01. The van der Waals surface area contributed by atoms with Crippen LogP contribution >= 0.6 is 0 Å². The van der Waals surface area contributed by atoms with Crippen LogP contribution in [0.3, 0.4) is 0 Å². The van der Waals surface area contributed by atoms with Gasteiger partial charge in [-0.25, -0.2) is 0 Å². The molecule has 3 nitrogen and oxygen atoms in total. The first kappa shape index (κ1) is 14.1. The van der Waals surface area contributed by atoms with Gasteiger partial charge in [-0.3, -0.25) is 4.90 Å². The second kappa shape index (κ2) is 6.25. The molecular formula is C17H26N2O. The van der Waals surface area contributed by atoms with E-state index in [0.717, 1.165) is 19.8 Å². The Bertz CT molecular complexity index is 442. The van der Waals surface area contributed by atoms with Crippen LogP contribution in [0.1, 0.15) is 36.9 Å². The van der Waals surface area contributed by atoms with Gasteiger partial charge in [0.1, 0.15) is 0 Å². The lowest BCUT2D eigenvalue weighted by Gasteiger charge is -2.38. The summed E-state index contributed by atoms with van der Waals surface area (Å²) < 4.78 is 5.51. The van der Waals surface area contributed by atoms with Crippen molar-refractivity contribution < 1.29 is 4.74 Å². The number of hydrogen-bond acceptors (Lipinski definition) is 3. The predicted molar refractivity (Wildman–Crippen MR) is 82.0 cm³/mol. The van der Waals surface area contributed by atoms with Crippen molar-refractivity contribution in [3.63, 3.8) is 0 Å². The molecule has 1 heterocycles. The van der Waals surface area contributed by atoms with E-state index < -0.39 is 0 Å². The summed E-state index contributed by atoms with van der Waals surface area (Å²) >= 11 is 0. The van der Waals surface area contributed by atoms with Gasteiger partial charge in [-0.2, -0.15) is 0 Å². The number of nitrogens with one attached hydrogen (secondary N) is 1. The van der Waals surface area contributed by atoms with Gasteiger partial charge in [0.2, 0.25) is 0 Å². The first-order valence-electron chi connectivity index (χ1n) is 7.92. The molecule has 110 valence electrons. The summed E-state index contributed by atoms with van der Waals surface area (Å²) in [5, 5.41) is 3.70. The minimum atomic E-state index is 0.476. The molecule has 0 bridgehead atoms. The van der Waals surface area contributed by atoms with E-state index in [2.05, 4.69) is 48.5 Å². The number of hydrogen-bond donors (Lipinski definition) is 1. The summed E-state index contributed by atoms with van der Waals surface area (Å²) in [5.74, 6) is 0. The quantitative estimate of drug-likeness (QED) is 0.912. The van der Waals surface area contributed by atoms with Gasteiger partial charge in [0.15, 0.2) is 0 Å². The van der Waals surface area contributed by atoms with E-state index in [1.165, 1.54) is 30.4 Å². The van der Waals surface area contributed by atoms with Crippen LogP contribution in [0.5, 0.6) is 0 Å². The first-order chi connectivity index (χ1) is 9.81. The van der Waals surface area contributed by atoms with Crippen molar-refractivity contribution in [1.82, 2.24) is 10.2 Å². The number of nitrogens with zero attached hydrogens (tertiary/aromatic N) is 1. The van der Waals surface area contributed by atoms with Crippen LogP contribution in [-0.2, 0) is 11.2 Å². The fourth-order valence-electron chi connectivity index (χ4n) is 3.78. The Labute approximate surface area is 122 Å². The molecule has 1 saturated heterocycles. The van der Waals surface area contributed by atoms with Crippen molar-refractivity contribution in [1.29, 1.82) is 0 Å². The van der Waals surface area contributed by atoms with E-state index in [1.54, 1.807) is 0 Å². The minimum Gasteiger partial charge on any atom is -0.381 e. The summed E-state index contributed by atoms with van der Waals surface area (Å²) in [4.78, 5) is 2.61. The molecule has 2 unspecified atom stereocenters. The first-order valence-corrected chi connectivity index (χ1v) is 7.92. The molecule has 3 rings (SSSR count). The van der Waals surface area contributed by atoms with Gasteiger partial charge in [0.05, 0.1) is 0 Å². The van der Waals surface area contributed by atoms with Crippen LogP contribution in [0, 0.1) is 0 Å². The van der Waals surface area contributed by atoms with Crippen molar-refractivity contribution in [2.45, 2.75) is 44.3 Å². The van der Waals surface area contributed by atoms with Crippen LogP contribution in [0.15, 0.2) is 24.3 Å². The largest absolute Gasteiger partial charge is 0.381 e. The van der Waals surface area contributed by atoms with Crippen molar-refractivity contribution in [2.24, 2.45) is 0 Å². The highest BCUT2D eigenvalue weighted by molar-refractivity contribution is 5.37. The van der Waals surface area contributed by atoms with Gasteiger partial charge >= 0.3 is 0 Å². The Kier molecular flexibility index (Phi) is 4.39. The SMILES string of the molecule is CCNC1c2ccccc2CC1N(C)C1CCOCC1. The lowest BCUT2D eigenvalue weighted by molar-refractivity contribution is 0.0239. The van der Waals surface area contributed by atoms with E-state index in [4.69, 9.17) is 4.74 Å². The van der Waals surface area contributed by atoms with Gasteiger partial charge in [0, 0.05) is 31.3 Å². The fraction of sp³-hybridized carbons (Fsp3) is 0.647. The molecule has 1 aromatic carbocycles. The van der Waals surface area contributed by atoms with E-state index in [1.807, 2.05) is 0 Å². The third-order valence-electron chi connectivity index (χ3n) is 4.92. The molecule has 0 spiro atoms. The highest BCUT2D eigenvalue weighted by atomic mass is 16.5. The standard InChI is InChI=1S/C17H26N2O/c1-3-18-17-15-7-5-4-6-13(15)12-16(17)19(2)14-8-10-20-11-9-14/h4-7,14,16-18H,3,8-12H2,1-2H3. The second-order valence-electron chi connectivity index (χ2n) is 6.01. The summed E-state index contributed by atoms with van der Waals surface area (Å²) in [7, 11) is 2.30. The zero-order valence-electron chi connectivity index (χ0n) is 12.6. The number of ether oxygens (including phenoxy) is 1. The van der Waals surface area contributed by atoms with Crippen molar-refractivity contribution in [3.05, 3.63) is 35.4 Å². The van der Waals surface area contributed by atoms with Crippen LogP contribution in [0.2, 0.25) is 0 Å². The van der Waals surface area contributed by atoms with E-state index in [-0.39, 0.29) is 0 Å². The molecule has 0 aromatic heterocycles. The van der Waals surface area contributed by atoms with Gasteiger partial charge in [-0.1, -0.05) is 31.2 Å². The average Bonchev–Trinajstić information content (AvgIpc) is 2.87. The lowest BCUT2D eigenvalue weighted by atomic mass is 10.0.